The van der Waals surface area contributed by atoms with Crippen molar-refractivity contribution in [3.8, 4) is 11.5 Å². The molecule has 2 atom stereocenters. The monoisotopic (exact) mass is 497 g/mol. The lowest BCUT2D eigenvalue weighted by Crippen LogP contribution is -2.35. The maximum Gasteiger partial charge on any atom is 0.410 e. The molecule has 0 saturated carbocycles. The highest BCUT2D eigenvalue weighted by atomic mass is 19.4. The Bertz CT molecular complexity index is 1440. The van der Waals surface area contributed by atoms with Gasteiger partial charge in [0.1, 0.15) is 5.82 Å². The van der Waals surface area contributed by atoms with Crippen molar-refractivity contribution in [3.05, 3.63) is 71.5 Å². The predicted octanol–water partition coefficient (Wildman–Crippen LogP) is 4.73. The molecule has 8 nitrogen and oxygen atoms in total. The Morgan fingerprint density at radius 3 is 2.83 bits per heavy atom. The molecule has 4 heterocycles. The van der Waals surface area contributed by atoms with Crippen LogP contribution in [0.15, 0.2) is 54.7 Å². The first kappa shape index (κ1) is 22.3. The predicted molar refractivity (Wildman–Crippen MR) is 125 cm³/mol. The number of aromatic amines is 1. The Balaban J connectivity index is 1.19. The number of carbonyl (C=O) groups excluding carboxylic acids is 1. The van der Waals surface area contributed by atoms with Crippen LogP contribution in [0.4, 0.5) is 19.0 Å². The molecule has 4 aromatic rings. The zero-order valence-electron chi connectivity index (χ0n) is 18.9. The number of benzene rings is 2. The Kier molecular flexibility index (Phi) is 5.27. The van der Waals surface area contributed by atoms with Gasteiger partial charge in [-0.3, -0.25) is 4.79 Å². The average molecular weight is 497 g/mol. The molecule has 0 aliphatic carbocycles. The second-order valence-corrected chi connectivity index (χ2v) is 8.83. The third kappa shape index (κ3) is 4.00. The summed E-state index contributed by atoms with van der Waals surface area (Å²) in [6.45, 7) is 0.395. The molecule has 1 amide bonds. The maximum absolute atomic E-state index is 14.0. The van der Waals surface area contributed by atoms with Gasteiger partial charge in [0.25, 0.3) is 5.91 Å². The SMILES string of the molecule is O=C(NCCc1c[nH]c2ccccc12)c1cc2n(n1)[C@H](C(F)(F)F)C[C@@H](c1ccc3c(c1)OCO3)N2. The second-order valence-electron chi connectivity index (χ2n) is 8.83. The van der Waals surface area contributed by atoms with Crippen molar-refractivity contribution in [1.29, 1.82) is 0 Å². The zero-order chi connectivity index (χ0) is 24.9. The van der Waals surface area contributed by atoms with Crippen molar-refractivity contribution < 1.29 is 27.4 Å². The molecule has 2 aromatic carbocycles. The van der Waals surface area contributed by atoms with Crippen LogP contribution in [0.2, 0.25) is 0 Å². The summed E-state index contributed by atoms with van der Waals surface area (Å²) >= 11 is 0. The van der Waals surface area contributed by atoms with Gasteiger partial charge in [-0.25, -0.2) is 4.68 Å². The van der Waals surface area contributed by atoms with Crippen LogP contribution in [-0.2, 0) is 6.42 Å². The third-order valence-corrected chi connectivity index (χ3v) is 6.58. The van der Waals surface area contributed by atoms with Gasteiger partial charge in [-0.15, -0.1) is 0 Å². The van der Waals surface area contributed by atoms with E-state index in [9.17, 15) is 18.0 Å². The number of nitrogens with zero attached hydrogens (tertiary/aromatic N) is 2. The highest BCUT2D eigenvalue weighted by Gasteiger charge is 2.47. The molecule has 2 aromatic heterocycles. The number of alkyl halides is 3. The lowest BCUT2D eigenvalue weighted by atomic mass is 9.96. The number of fused-ring (bicyclic) bond motifs is 3. The molecule has 3 N–H and O–H groups in total. The second kappa shape index (κ2) is 8.51. The summed E-state index contributed by atoms with van der Waals surface area (Å²) < 4.78 is 53.5. The number of aromatic nitrogens is 3. The van der Waals surface area contributed by atoms with E-state index in [1.54, 1.807) is 18.2 Å². The van der Waals surface area contributed by atoms with E-state index in [1.807, 2.05) is 30.5 Å². The molecule has 0 unspecified atom stereocenters. The normalized spacial score (nSPS) is 18.6. The Morgan fingerprint density at radius 1 is 1.14 bits per heavy atom. The highest BCUT2D eigenvalue weighted by molar-refractivity contribution is 5.93. The third-order valence-electron chi connectivity index (χ3n) is 6.58. The van der Waals surface area contributed by atoms with E-state index in [2.05, 4.69) is 20.7 Å². The van der Waals surface area contributed by atoms with Crippen LogP contribution < -0.4 is 20.1 Å². The highest BCUT2D eigenvalue weighted by Crippen LogP contribution is 2.45. The minimum atomic E-state index is -4.54. The number of halogens is 3. The van der Waals surface area contributed by atoms with Crippen LogP contribution in [0.1, 0.15) is 40.1 Å². The van der Waals surface area contributed by atoms with Gasteiger partial charge in [0, 0.05) is 36.1 Å². The molecule has 0 radical (unpaired) electrons. The number of nitrogens with one attached hydrogen (secondary N) is 3. The summed E-state index contributed by atoms with van der Waals surface area (Å²) in [5, 5.41) is 11.0. The van der Waals surface area contributed by atoms with Crippen LogP contribution in [0, 0.1) is 0 Å². The summed E-state index contributed by atoms with van der Waals surface area (Å²) in [7, 11) is 0. The Hall–Kier alpha value is -4.15. The van der Waals surface area contributed by atoms with Gasteiger partial charge in [0.15, 0.2) is 23.2 Å². The van der Waals surface area contributed by atoms with Crippen LogP contribution in [0.25, 0.3) is 10.9 Å². The first-order valence-corrected chi connectivity index (χ1v) is 11.5. The molecule has 0 spiro atoms. The summed E-state index contributed by atoms with van der Waals surface area (Å²) in [6, 6.07) is 11.7. The number of carbonyl (C=O) groups is 1. The van der Waals surface area contributed by atoms with Crippen molar-refractivity contribution in [2.75, 3.05) is 18.7 Å². The number of ether oxygens (including phenoxy) is 2. The molecular weight excluding hydrogens is 475 g/mol. The number of anilines is 1. The van der Waals surface area contributed by atoms with Gasteiger partial charge in [0.2, 0.25) is 6.79 Å². The van der Waals surface area contributed by atoms with Crippen molar-refractivity contribution in [2.45, 2.75) is 31.1 Å². The summed E-state index contributed by atoms with van der Waals surface area (Å²) in [6.07, 6.45) is -2.36. The van der Waals surface area contributed by atoms with Crippen LogP contribution in [0.5, 0.6) is 11.5 Å². The van der Waals surface area contributed by atoms with E-state index in [4.69, 9.17) is 9.47 Å². The largest absolute Gasteiger partial charge is 0.454 e. The fraction of sp³-hybridized carbons (Fsp3) is 0.280. The molecule has 6 rings (SSSR count). The lowest BCUT2D eigenvalue weighted by Gasteiger charge is -2.33. The van der Waals surface area contributed by atoms with E-state index in [-0.39, 0.29) is 24.7 Å². The first-order chi connectivity index (χ1) is 17.4. The smallest absolute Gasteiger partial charge is 0.410 e. The van der Waals surface area contributed by atoms with Crippen molar-refractivity contribution >= 4 is 22.6 Å². The van der Waals surface area contributed by atoms with Crippen LogP contribution in [0.3, 0.4) is 0 Å². The fourth-order valence-electron chi connectivity index (χ4n) is 4.77. The van der Waals surface area contributed by atoms with Gasteiger partial charge >= 0.3 is 6.18 Å². The number of amides is 1. The zero-order valence-corrected chi connectivity index (χ0v) is 18.9. The molecule has 2 aliphatic heterocycles. The van der Waals surface area contributed by atoms with Gasteiger partial charge < -0.3 is 25.1 Å². The van der Waals surface area contributed by atoms with E-state index in [1.165, 1.54) is 6.07 Å². The number of hydrogen-bond donors (Lipinski definition) is 3. The molecule has 11 heteroatoms. The number of hydrogen-bond acceptors (Lipinski definition) is 5. The number of para-hydroxylation sites is 1. The average Bonchev–Trinajstić information content (AvgIpc) is 3.60. The number of rotatable bonds is 5. The van der Waals surface area contributed by atoms with E-state index in [0.717, 1.165) is 21.1 Å². The topological polar surface area (TPSA) is 93.2 Å². The van der Waals surface area contributed by atoms with Crippen LogP contribution >= 0.6 is 0 Å². The van der Waals surface area contributed by atoms with Gasteiger partial charge in [-0.2, -0.15) is 18.3 Å². The first-order valence-electron chi connectivity index (χ1n) is 11.5. The molecular formula is C25H22F3N5O3. The summed E-state index contributed by atoms with van der Waals surface area (Å²) in [5.74, 6) is 0.651. The van der Waals surface area contributed by atoms with E-state index < -0.39 is 24.2 Å². The molecule has 0 bridgehead atoms. The number of H-pyrrole nitrogens is 1. The van der Waals surface area contributed by atoms with Gasteiger partial charge in [-0.1, -0.05) is 24.3 Å². The minimum absolute atomic E-state index is 0.0722. The quantitative estimate of drug-likeness (QED) is 0.371. The summed E-state index contributed by atoms with van der Waals surface area (Å²) in [5.41, 5.74) is 2.60. The van der Waals surface area contributed by atoms with Gasteiger partial charge in [-0.05, 0) is 35.7 Å². The van der Waals surface area contributed by atoms with Crippen molar-refractivity contribution in [1.82, 2.24) is 20.1 Å². The lowest BCUT2D eigenvalue weighted by molar-refractivity contribution is -0.173. The maximum atomic E-state index is 14.0. The standard InChI is InChI=1S/C25H22F3N5O3/c26-25(27,28)22-10-18(14-5-6-20-21(9-14)36-13-35-20)31-23-11-19(32-33(22)23)24(34)29-8-7-15-12-30-17-4-2-1-3-16(15)17/h1-6,9,11-12,18,22,30-31H,7-8,10,13H2,(H,29,34)/t18-,22-/m0/s1. The van der Waals surface area contributed by atoms with E-state index in [0.29, 0.717) is 30.0 Å². The molecule has 0 fully saturated rings. The molecule has 2 aliphatic rings. The van der Waals surface area contributed by atoms with Crippen LogP contribution in [-0.4, -0.2) is 40.2 Å². The van der Waals surface area contributed by atoms with Crippen molar-refractivity contribution in [2.24, 2.45) is 0 Å². The van der Waals surface area contributed by atoms with Crippen molar-refractivity contribution in [3.63, 3.8) is 0 Å². The fourth-order valence-corrected chi connectivity index (χ4v) is 4.77. The molecule has 36 heavy (non-hydrogen) atoms. The Labute approximate surface area is 203 Å². The molecule has 0 saturated heterocycles. The van der Waals surface area contributed by atoms with E-state index >= 15 is 0 Å². The summed E-state index contributed by atoms with van der Waals surface area (Å²) in [4.78, 5) is 15.9. The molecule has 186 valence electrons. The minimum Gasteiger partial charge on any atom is -0.454 e. The Morgan fingerprint density at radius 2 is 1.97 bits per heavy atom. The van der Waals surface area contributed by atoms with Gasteiger partial charge in [0.05, 0.1) is 6.04 Å².